The predicted molar refractivity (Wildman–Crippen MR) is 88.8 cm³/mol. The molecule has 5 heteroatoms. The van der Waals surface area contributed by atoms with Crippen molar-refractivity contribution in [2.45, 2.75) is 25.8 Å². The molecule has 1 fully saturated rings. The number of hydrogen-bond acceptors (Lipinski definition) is 2. The molecule has 0 bridgehead atoms. The number of pyridine rings is 1. The highest BCUT2D eigenvalue weighted by Gasteiger charge is 2.37. The fraction of sp³-hybridized carbons (Fsp3) is 0.333. The smallest absolute Gasteiger partial charge is 0.322 e. The minimum atomic E-state index is -0.261. The zero-order valence-corrected chi connectivity index (χ0v) is 13.6. The Morgan fingerprint density at radius 3 is 2.35 bits per heavy atom. The molecule has 2 aromatic rings. The van der Waals surface area contributed by atoms with Crippen LogP contribution in [-0.2, 0) is 0 Å². The lowest BCUT2D eigenvalue weighted by Crippen LogP contribution is -2.57. The van der Waals surface area contributed by atoms with Crippen molar-refractivity contribution in [3.8, 4) is 11.1 Å². The first-order valence-electron chi connectivity index (χ1n) is 7.66. The average Bonchev–Trinajstić information content (AvgIpc) is 2.54. The van der Waals surface area contributed by atoms with Crippen molar-refractivity contribution in [2.75, 3.05) is 18.5 Å². The van der Waals surface area contributed by atoms with E-state index in [1.54, 1.807) is 28.1 Å². The number of hydrogen-bond donors (Lipinski definition) is 0. The zero-order chi connectivity index (χ0) is 16.6. The molecule has 1 aliphatic heterocycles. The summed E-state index contributed by atoms with van der Waals surface area (Å²) < 4.78 is 13.0. The maximum atomic E-state index is 13.0. The molecule has 2 heterocycles. The largest absolute Gasteiger partial charge is 0.325 e. The van der Waals surface area contributed by atoms with Gasteiger partial charge in [0.1, 0.15) is 11.6 Å². The Morgan fingerprint density at radius 1 is 1.09 bits per heavy atom. The number of anilines is 1. The fourth-order valence-corrected chi connectivity index (χ4v) is 2.66. The summed E-state index contributed by atoms with van der Waals surface area (Å²) in [5.41, 5.74) is 1.65. The SMILES string of the molecule is CN1C(=O)N(c2ccc(-c3ccc(F)cc3)cn2)CCC1(C)C. The van der Waals surface area contributed by atoms with Gasteiger partial charge in [0.05, 0.1) is 0 Å². The first-order valence-corrected chi connectivity index (χ1v) is 7.66. The molecule has 1 aliphatic rings. The van der Waals surface area contributed by atoms with E-state index in [2.05, 4.69) is 18.8 Å². The number of carbonyl (C=O) groups is 1. The first-order chi connectivity index (χ1) is 10.9. The van der Waals surface area contributed by atoms with Crippen molar-refractivity contribution in [1.82, 2.24) is 9.88 Å². The molecule has 0 unspecified atom stereocenters. The lowest BCUT2D eigenvalue weighted by molar-refractivity contribution is 0.140. The van der Waals surface area contributed by atoms with E-state index in [1.165, 1.54) is 12.1 Å². The number of benzene rings is 1. The number of aromatic nitrogens is 1. The van der Waals surface area contributed by atoms with Gasteiger partial charge in [0, 0.05) is 30.9 Å². The molecule has 1 aromatic heterocycles. The van der Waals surface area contributed by atoms with Gasteiger partial charge in [0.2, 0.25) is 0 Å². The van der Waals surface area contributed by atoms with Gasteiger partial charge in [-0.2, -0.15) is 0 Å². The third-order valence-corrected chi connectivity index (χ3v) is 4.58. The summed E-state index contributed by atoms with van der Waals surface area (Å²) in [5.74, 6) is 0.381. The number of carbonyl (C=O) groups excluding carboxylic acids is 1. The number of halogens is 1. The minimum absolute atomic E-state index is 0.0386. The molecule has 2 amide bonds. The van der Waals surface area contributed by atoms with E-state index in [1.807, 2.05) is 19.2 Å². The van der Waals surface area contributed by atoms with Crippen LogP contribution in [0.25, 0.3) is 11.1 Å². The van der Waals surface area contributed by atoms with Gasteiger partial charge < -0.3 is 4.90 Å². The van der Waals surface area contributed by atoms with Gasteiger partial charge in [-0.1, -0.05) is 12.1 Å². The van der Waals surface area contributed by atoms with Crippen LogP contribution in [0.4, 0.5) is 15.0 Å². The van der Waals surface area contributed by atoms with Crippen LogP contribution in [0.5, 0.6) is 0 Å². The second-order valence-corrected chi connectivity index (χ2v) is 6.47. The Hall–Kier alpha value is -2.43. The summed E-state index contributed by atoms with van der Waals surface area (Å²) in [7, 11) is 1.82. The van der Waals surface area contributed by atoms with Crippen molar-refractivity contribution >= 4 is 11.8 Å². The third kappa shape index (κ3) is 2.91. The van der Waals surface area contributed by atoms with Gasteiger partial charge in [-0.25, -0.2) is 14.2 Å². The van der Waals surface area contributed by atoms with Crippen molar-refractivity contribution in [2.24, 2.45) is 0 Å². The van der Waals surface area contributed by atoms with E-state index < -0.39 is 0 Å². The van der Waals surface area contributed by atoms with Gasteiger partial charge in [-0.05, 0) is 50.1 Å². The molecule has 0 atom stereocenters. The van der Waals surface area contributed by atoms with E-state index in [0.717, 1.165) is 17.5 Å². The molecule has 1 aromatic carbocycles. The molecular weight excluding hydrogens is 293 g/mol. The van der Waals surface area contributed by atoms with Crippen LogP contribution >= 0.6 is 0 Å². The summed E-state index contributed by atoms with van der Waals surface area (Å²) in [6.45, 7) is 4.78. The summed E-state index contributed by atoms with van der Waals surface area (Å²) in [5, 5.41) is 0. The standard InChI is InChI=1S/C18H20FN3O/c1-18(2)10-11-22(17(23)21(18)3)16-9-6-14(12-20-16)13-4-7-15(19)8-5-13/h4-9,12H,10-11H2,1-3H3. The van der Waals surface area contributed by atoms with Crippen LogP contribution < -0.4 is 4.90 Å². The highest BCUT2D eigenvalue weighted by atomic mass is 19.1. The summed E-state index contributed by atoms with van der Waals surface area (Å²) >= 11 is 0. The van der Waals surface area contributed by atoms with E-state index in [0.29, 0.717) is 12.4 Å². The van der Waals surface area contributed by atoms with Crippen LogP contribution in [0.2, 0.25) is 0 Å². The molecule has 1 saturated heterocycles. The monoisotopic (exact) mass is 313 g/mol. The average molecular weight is 313 g/mol. The fourth-order valence-electron chi connectivity index (χ4n) is 2.66. The Kier molecular flexibility index (Phi) is 3.80. The lowest BCUT2D eigenvalue weighted by Gasteiger charge is -2.44. The van der Waals surface area contributed by atoms with Crippen LogP contribution in [0.15, 0.2) is 42.6 Å². The van der Waals surface area contributed by atoms with E-state index >= 15 is 0 Å². The number of rotatable bonds is 2. The molecular formula is C18H20FN3O. The highest BCUT2D eigenvalue weighted by Crippen LogP contribution is 2.28. The Labute approximate surface area is 135 Å². The van der Waals surface area contributed by atoms with E-state index in [4.69, 9.17) is 0 Å². The van der Waals surface area contributed by atoms with Crippen LogP contribution in [0.3, 0.4) is 0 Å². The quantitative estimate of drug-likeness (QED) is 0.842. The number of amides is 2. The molecule has 120 valence electrons. The van der Waals surface area contributed by atoms with Gasteiger partial charge in [-0.15, -0.1) is 0 Å². The van der Waals surface area contributed by atoms with Crippen LogP contribution in [0, 0.1) is 5.82 Å². The normalized spacial score (nSPS) is 17.5. The zero-order valence-electron chi connectivity index (χ0n) is 13.6. The van der Waals surface area contributed by atoms with Gasteiger partial charge in [0.25, 0.3) is 0 Å². The molecule has 23 heavy (non-hydrogen) atoms. The predicted octanol–water partition coefficient (Wildman–Crippen LogP) is 3.93. The maximum Gasteiger partial charge on any atom is 0.325 e. The summed E-state index contributed by atoms with van der Waals surface area (Å²) in [4.78, 5) is 20.4. The van der Waals surface area contributed by atoms with Crippen molar-refractivity contribution < 1.29 is 9.18 Å². The van der Waals surface area contributed by atoms with Crippen LogP contribution in [-0.4, -0.2) is 35.0 Å². The molecule has 0 saturated carbocycles. The number of urea groups is 1. The van der Waals surface area contributed by atoms with E-state index in [9.17, 15) is 9.18 Å². The Morgan fingerprint density at radius 2 is 1.74 bits per heavy atom. The first kappa shape index (κ1) is 15.5. The summed E-state index contributed by atoms with van der Waals surface area (Å²) in [6, 6.07) is 9.99. The van der Waals surface area contributed by atoms with Gasteiger partial charge in [0.15, 0.2) is 0 Å². The topological polar surface area (TPSA) is 36.4 Å². The van der Waals surface area contributed by atoms with E-state index in [-0.39, 0.29) is 17.4 Å². The second-order valence-electron chi connectivity index (χ2n) is 6.47. The molecule has 0 radical (unpaired) electrons. The third-order valence-electron chi connectivity index (χ3n) is 4.58. The molecule has 4 nitrogen and oxygen atoms in total. The number of nitrogens with zero attached hydrogens (tertiary/aromatic N) is 3. The molecule has 0 spiro atoms. The van der Waals surface area contributed by atoms with Crippen molar-refractivity contribution in [1.29, 1.82) is 0 Å². The highest BCUT2D eigenvalue weighted by molar-refractivity contribution is 5.92. The Balaban J connectivity index is 1.82. The lowest BCUT2D eigenvalue weighted by atomic mass is 9.96. The van der Waals surface area contributed by atoms with Crippen LogP contribution in [0.1, 0.15) is 20.3 Å². The van der Waals surface area contributed by atoms with Gasteiger partial charge in [-0.3, -0.25) is 4.90 Å². The Bertz CT molecular complexity index is 710. The summed E-state index contributed by atoms with van der Waals surface area (Å²) in [6.07, 6.45) is 2.60. The van der Waals surface area contributed by atoms with Crippen molar-refractivity contribution in [3.05, 3.63) is 48.4 Å². The van der Waals surface area contributed by atoms with Gasteiger partial charge >= 0.3 is 6.03 Å². The molecule has 3 rings (SSSR count). The minimum Gasteiger partial charge on any atom is -0.322 e. The maximum absolute atomic E-state index is 13.0. The second kappa shape index (κ2) is 5.65. The van der Waals surface area contributed by atoms with Crippen molar-refractivity contribution in [3.63, 3.8) is 0 Å². The molecule has 0 N–H and O–H groups in total. The molecule has 0 aliphatic carbocycles.